The zero-order valence-corrected chi connectivity index (χ0v) is 16.1. The van der Waals surface area contributed by atoms with Crippen LogP contribution in [0, 0.1) is 11.3 Å². The van der Waals surface area contributed by atoms with Crippen LogP contribution in [0.4, 0.5) is 5.69 Å². The van der Waals surface area contributed by atoms with E-state index in [1.807, 2.05) is 30.0 Å². The number of para-hydroxylation sites is 2. The van der Waals surface area contributed by atoms with E-state index in [0.29, 0.717) is 35.8 Å². The molecule has 28 heavy (non-hydrogen) atoms. The number of carbonyl (C=O) groups excluding carboxylic acids is 1. The number of hydrogen-bond acceptors (Lipinski definition) is 6. The monoisotopic (exact) mass is 383 g/mol. The lowest BCUT2D eigenvalue weighted by Gasteiger charge is -2.23. The number of nitrogens with zero attached hydrogens (tertiary/aromatic N) is 2. The number of ether oxygens (including phenoxy) is 2. The molecule has 0 aliphatic rings. The molecule has 2 N–H and O–H groups in total. The molecule has 0 aliphatic heterocycles. The summed E-state index contributed by atoms with van der Waals surface area (Å²) < 4.78 is 10.8. The summed E-state index contributed by atoms with van der Waals surface area (Å²) >= 11 is 0. The lowest BCUT2D eigenvalue weighted by atomic mass is 10.2. The Labute approximate surface area is 165 Å². The van der Waals surface area contributed by atoms with Crippen molar-refractivity contribution in [3.05, 3.63) is 54.1 Å². The zero-order chi connectivity index (χ0) is 20.4. The summed E-state index contributed by atoms with van der Waals surface area (Å²) in [5.74, 6) is 0.983. The Hall–Kier alpha value is -3.08. The summed E-state index contributed by atoms with van der Waals surface area (Å²) in [6, 6.07) is 15.9. The van der Waals surface area contributed by atoms with Crippen molar-refractivity contribution in [3.63, 3.8) is 0 Å². The van der Waals surface area contributed by atoms with Gasteiger partial charge in [0.05, 0.1) is 31.0 Å². The van der Waals surface area contributed by atoms with Crippen LogP contribution in [0.15, 0.2) is 48.5 Å². The summed E-state index contributed by atoms with van der Waals surface area (Å²) in [4.78, 5) is 14.2. The van der Waals surface area contributed by atoms with E-state index in [4.69, 9.17) is 14.7 Å². The molecule has 1 atom stereocenters. The second kappa shape index (κ2) is 10.9. The fraction of sp³-hybridized carbons (Fsp3) is 0.333. The molecule has 1 amide bonds. The highest BCUT2D eigenvalue weighted by molar-refractivity contribution is 5.93. The van der Waals surface area contributed by atoms with Crippen LogP contribution in [0.1, 0.15) is 12.5 Å². The van der Waals surface area contributed by atoms with Crippen LogP contribution in [0.3, 0.4) is 0 Å². The fourth-order valence-electron chi connectivity index (χ4n) is 2.62. The number of nitriles is 1. The van der Waals surface area contributed by atoms with Crippen molar-refractivity contribution in [2.24, 2.45) is 0 Å². The van der Waals surface area contributed by atoms with Crippen molar-refractivity contribution in [1.29, 1.82) is 5.26 Å². The molecule has 0 saturated carbocycles. The number of amides is 1. The number of aliphatic hydroxyl groups excluding tert-OH is 1. The first-order valence-electron chi connectivity index (χ1n) is 9.02. The van der Waals surface area contributed by atoms with Gasteiger partial charge in [0.1, 0.15) is 24.2 Å². The number of rotatable bonds is 10. The lowest BCUT2D eigenvalue weighted by molar-refractivity contribution is -0.117. The van der Waals surface area contributed by atoms with E-state index < -0.39 is 6.10 Å². The highest BCUT2D eigenvalue weighted by Gasteiger charge is 2.15. The third kappa shape index (κ3) is 6.58. The summed E-state index contributed by atoms with van der Waals surface area (Å²) in [5.41, 5.74) is 1.15. The molecule has 0 aliphatic carbocycles. The summed E-state index contributed by atoms with van der Waals surface area (Å²) in [6.07, 6.45) is -0.755. The van der Waals surface area contributed by atoms with E-state index in [9.17, 15) is 9.90 Å². The van der Waals surface area contributed by atoms with Gasteiger partial charge in [0.2, 0.25) is 5.91 Å². The molecule has 0 aromatic heterocycles. The fourth-order valence-corrected chi connectivity index (χ4v) is 2.62. The van der Waals surface area contributed by atoms with Crippen molar-refractivity contribution in [3.8, 4) is 17.6 Å². The van der Waals surface area contributed by atoms with Crippen LogP contribution < -0.4 is 14.8 Å². The van der Waals surface area contributed by atoms with Crippen molar-refractivity contribution in [2.75, 3.05) is 38.7 Å². The van der Waals surface area contributed by atoms with E-state index in [1.165, 1.54) is 0 Å². The summed E-state index contributed by atoms with van der Waals surface area (Å²) in [6.45, 7) is 3.06. The average molecular weight is 383 g/mol. The number of likely N-dealkylation sites (N-methyl/N-ethyl adjacent to an activating group) is 1. The predicted octanol–water partition coefficient (Wildman–Crippen LogP) is 2.27. The van der Waals surface area contributed by atoms with Crippen LogP contribution in [-0.2, 0) is 4.79 Å². The minimum atomic E-state index is -0.755. The first-order valence-corrected chi connectivity index (χ1v) is 9.02. The lowest BCUT2D eigenvalue weighted by Crippen LogP contribution is -2.40. The van der Waals surface area contributed by atoms with Gasteiger partial charge in [-0.1, -0.05) is 19.1 Å². The Morgan fingerprint density at radius 1 is 1.25 bits per heavy atom. The molecule has 0 radical (unpaired) electrons. The minimum Gasteiger partial charge on any atom is -0.495 e. The third-order valence-electron chi connectivity index (χ3n) is 4.09. The quantitative estimate of drug-likeness (QED) is 0.654. The molecule has 0 spiro atoms. The van der Waals surface area contributed by atoms with Gasteiger partial charge in [-0.25, -0.2) is 0 Å². The number of carbonyl (C=O) groups is 1. The predicted molar refractivity (Wildman–Crippen MR) is 106 cm³/mol. The van der Waals surface area contributed by atoms with E-state index >= 15 is 0 Å². The van der Waals surface area contributed by atoms with Gasteiger partial charge < -0.3 is 19.9 Å². The molecule has 2 rings (SSSR count). The highest BCUT2D eigenvalue weighted by atomic mass is 16.5. The normalized spacial score (nSPS) is 11.5. The number of benzene rings is 2. The number of methoxy groups -OCH3 is 1. The Bertz CT molecular complexity index is 802. The Morgan fingerprint density at radius 2 is 1.96 bits per heavy atom. The van der Waals surface area contributed by atoms with E-state index in [1.54, 1.807) is 43.5 Å². The number of anilines is 1. The van der Waals surface area contributed by atoms with Gasteiger partial charge in [-0.15, -0.1) is 0 Å². The maximum atomic E-state index is 12.3. The van der Waals surface area contributed by atoms with Gasteiger partial charge in [-0.2, -0.15) is 5.26 Å². The molecule has 7 heteroatoms. The SMILES string of the molecule is CCN(CC(=O)Nc1ccccc1OC)C[C@@H](O)COc1ccc(C#N)cc1. The molecular formula is C21H25N3O4. The molecule has 2 aromatic rings. The molecule has 0 heterocycles. The van der Waals surface area contributed by atoms with E-state index in [0.717, 1.165) is 0 Å². The van der Waals surface area contributed by atoms with Gasteiger partial charge in [-0.05, 0) is 42.9 Å². The van der Waals surface area contributed by atoms with Crippen molar-refractivity contribution in [2.45, 2.75) is 13.0 Å². The Kier molecular flexibility index (Phi) is 8.28. The van der Waals surface area contributed by atoms with Crippen LogP contribution in [0.2, 0.25) is 0 Å². The van der Waals surface area contributed by atoms with Gasteiger partial charge in [0.15, 0.2) is 0 Å². The summed E-state index contributed by atoms with van der Waals surface area (Å²) in [5, 5.41) is 21.8. The Morgan fingerprint density at radius 3 is 2.61 bits per heavy atom. The summed E-state index contributed by atoms with van der Waals surface area (Å²) in [7, 11) is 1.55. The zero-order valence-electron chi connectivity index (χ0n) is 16.1. The number of aliphatic hydroxyl groups is 1. The van der Waals surface area contributed by atoms with Crippen LogP contribution in [0.25, 0.3) is 0 Å². The topological polar surface area (TPSA) is 94.8 Å². The van der Waals surface area contributed by atoms with Crippen molar-refractivity contribution < 1.29 is 19.4 Å². The average Bonchev–Trinajstić information content (AvgIpc) is 2.72. The number of nitrogens with one attached hydrogen (secondary N) is 1. The first kappa shape index (κ1) is 21.2. The molecule has 0 fully saturated rings. The minimum absolute atomic E-state index is 0.0938. The standard InChI is InChI=1S/C21H25N3O4/c1-3-24(14-21(26)23-19-6-4-5-7-20(19)27-2)13-17(25)15-28-18-10-8-16(12-22)9-11-18/h4-11,17,25H,3,13-15H2,1-2H3,(H,23,26)/t17-/m1/s1. The molecule has 148 valence electrons. The number of hydrogen-bond donors (Lipinski definition) is 2. The van der Waals surface area contributed by atoms with Gasteiger partial charge in [0.25, 0.3) is 0 Å². The van der Waals surface area contributed by atoms with Gasteiger partial charge in [0, 0.05) is 6.54 Å². The van der Waals surface area contributed by atoms with Gasteiger partial charge >= 0.3 is 0 Å². The van der Waals surface area contributed by atoms with E-state index in [-0.39, 0.29) is 19.1 Å². The molecule has 0 unspecified atom stereocenters. The van der Waals surface area contributed by atoms with Crippen LogP contribution in [0.5, 0.6) is 11.5 Å². The van der Waals surface area contributed by atoms with Crippen LogP contribution in [-0.4, -0.2) is 55.4 Å². The van der Waals surface area contributed by atoms with Crippen LogP contribution >= 0.6 is 0 Å². The van der Waals surface area contributed by atoms with E-state index in [2.05, 4.69) is 5.32 Å². The second-order valence-corrected chi connectivity index (χ2v) is 6.18. The Balaban J connectivity index is 1.81. The maximum absolute atomic E-state index is 12.3. The largest absolute Gasteiger partial charge is 0.495 e. The second-order valence-electron chi connectivity index (χ2n) is 6.18. The van der Waals surface area contributed by atoms with Crippen molar-refractivity contribution >= 4 is 11.6 Å². The molecule has 0 saturated heterocycles. The maximum Gasteiger partial charge on any atom is 0.238 e. The smallest absolute Gasteiger partial charge is 0.238 e. The van der Waals surface area contributed by atoms with Gasteiger partial charge in [-0.3, -0.25) is 9.69 Å². The molecular weight excluding hydrogens is 358 g/mol. The molecule has 0 bridgehead atoms. The molecule has 2 aromatic carbocycles. The van der Waals surface area contributed by atoms with Crippen molar-refractivity contribution in [1.82, 2.24) is 4.90 Å². The first-order chi connectivity index (χ1) is 13.5. The third-order valence-corrected chi connectivity index (χ3v) is 4.09. The highest BCUT2D eigenvalue weighted by Crippen LogP contribution is 2.22. The molecule has 7 nitrogen and oxygen atoms in total.